The monoisotopic (exact) mass is 758 g/mol. The SMILES string of the molecule is CC1(C)CN=CC(c2ncc(Cc3cccc(Cl)c3F)cn2)C(=O)O1.Fc1c(Cl)cccc1Cc1cnc(Cl)nc1.[C-]#[N+]CC(=O)OC(C)(C)C. The maximum absolute atomic E-state index is 14.0. The fraction of sp³-hybridized carbons (Fsp3) is 0.333. The molecule has 0 radical (unpaired) electrons. The summed E-state index contributed by atoms with van der Waals surface area (Å²) in [7, 11) is 0. The molecule has 1 unspecified atom stereocenters. The number of hydrogen-bond donors (Lipinski definition) is 0. The van der Waals surface area contributed by atoms with Gasteiger partial charge in [-0.3, -0.25) is 9.79 Å². The van der Waals surface area contributed by atoms with E-state index < -0.39 is 40.7 Å². The first kappa shape index (κ1) is 40.9. The maximum Gasteiger partial charge on any atom is 0.387 e. The van der Waals surface area contributed by atoms with E-state index >= 15 is 0 Å². The third kappa shape index (κ3) is 13.6. The van der Waals surface area contributed by atoms with Crippen molar-refractivity contribution in [1.82, 2.24) is 19.9 Å². The molecule has 1 atom stereocenters. The zero-order valence-electron chi connectivity index (χ0n) is 28.5. The molecule has 51 heavy (non-hydrogen) atoms. The first-order chi connectivity index (χ1) is 24.0. The van der Waals surface area contributed by atoms with E-state index in [4.69, 9.17) is 50.8 Å². The molecule has 0 saturated heterocycles. The molecule has 0 N–H and O–H groups in total. The Labute approximate surface area is 310 Å². The van der Waals surface area contributed by atoms with Crippen molar-refractivity contribution in [3.05, 3.63) is 128 Å². The van der Waals surface area contributed by atoms with Crippen molar-refractivity contribution in [1.29, 1.82) is 0 Å². The summed E-state index contributed by atoms with van der Waals surface area (Å²) in [5.41, 5.74) is 1.35. The largest absolute Gasteiger partial charge is 0.457 e. The molecule has 0 aliphatic carbocycles. The van der Waals surface area contributed by atoms with Gasteiger partial charge in [-0.2, -0.15) is 0 Å². The van der Waals surface area contributed by atoms with Gasteiger partial charge in [-0.05, 0) is 80.6 Å². The quantitative estimate of drug-likeness (QED) is 0.110. The molecule has 1 aliphatic heterocycles. The molecule has 10 nitrogen and oxygen atoms in total. The number of carbonyl (C=O) groups is 2. The van der Waals surface area contributed by atoms with Crippen molar-refractivity contribution in [2.75, 3.05) is 13.1 Å². The van der Waals surface area contributed by atoms with E-state index in [2.05, 4.69) is 29.8 Å². The van der Waals surface area contributed by atoms with Crippen molar-refractivity contribution < 1.29 is 27.8 Å². The lowest BCUT2D eigenvalue weighted by atomic mass is 10.1. The summed E-state index contributed by atoms with van der Waals surface area (Å²) in [5, 5.41) is 0.373. The summed E-state index contributed by atoms with van der Waals surface area (Å²) >= 11 is 17.0. The van der Waals surface area contributed by atoms with Gasteiger partial charge in [-0.1, -0.05) is 47.5 Å². The molecule has 0 fully saturated rings. The standard InChI is InChI=1S/C18H17ClFN3O2.C11H7Cl2FN2.C7H11NO2/c1-18(2)10-21-9-13(17(24)25-18)16-22-7-11(8-23-16)6-12-4-3-5-14(19)15(12)20;12-9-3-1-2-8(10(9)14)4-7-5-15-11(13)16-6-7;1-7(2,3)10-6(9)5-8-4/h3-5,7-9,13H,6,10H2,1-2H3;1-3,5-6H,4H2;5H2,1-3H3. The second kappa shape index (κ2) is 18.6. The molecule has 0 amide bonds. The highest BCUT2D eigenvalue weighted by Gasteiger charge is 2.32. The summed E-state index contributed by atoms with van der Waals surface area (Å²) in [6.07, 6.45) is 8.49. The van der Waals surface area contributed by atoms with E-state index in [1.54, 1.807) is 83.7 Å². The molecule has 4 aromatic rings. The predicted molar refractivity (Wildman–Crippen MR) is 191 cm³/mol. The first-order valence-corrected chi connectivity index (χ1v) is 16.5. The molecule has 15 heteroatoms. The highest BCUT2D eigenvalue weighted by atomic mass is 35.5. The van der Waals surface area contributed by atoms with Crippen LogP contribution in [-0.2, 0) is 31.9 Å². The molecule has 268 valence electrons. The summed E-state index contributed by atoms with van der Waals surface area (Å²) < 4.78 is 37.8. The number of hydrogen-bond acceptors (Lipinski definition) is 9. The van der Waals surface area contributed by atoms with Crippen LogP contribution in [-0.4, -0.2) is 62.4 Å². The van der Waals surface area contributed by atoms with Crippen molar-refractivity contribution in [2.24, 2.45) is 4.99 Å². The number of nitrogens with zero attached hydrogens (tertiary/aromatic N) is 6. The van der Waals surface area contributed by atoms with Gasteiger partial charge in [-0.15, -0.1) is 0 Å². The van der Waals surface area contributed by atoms with E-state index in [0.717, 1.165) is 5.56 Å². The highest BCUT2D eigenvalue weighted by Crippen LogP contribution is 2.23. The Morgan fingerprint density at radius 1 is 0.922 bits per heavy atom. The van der Waals surface area contributed by atoms with Crippen LogP contribution in [0.15, 0.2) is 66.2 Å². The van der Waals surface area contributed by atoms with E-state index in [-0.39, 0.29) is 21.9 Å². The second-order valence-electron chi connectivity index (χ2n) is 12.6. The number of halogens is 5. The zero-order valence-corrected chi connectivity index (χ0v) is 30.7. The molecule has 0 bridgehead atoms. The molecule has 0 saturated carbocycles. The number of aliphatic imine (C=N–C) groups is 1. The van der Waals surface area contributed by atoms with Gasteiger partial charge in [0.1, 0.15) is 28.7 Å². The van der Waals surface area contributed by atoms with Crippen LogP contribution < -0.4 is 0 Å². The van der Waals surface area contributed by atoms with Gasteiger partial charge in [0.05, 0.1) is 16.6 Å². The lowest BCUT2D eigenvalue weighted by Crippen LogP contribution is -2.31. The second-order valence-corrected chi connectivity index (χ2v) is 13.8. The molecule has 2 aromatic heterocycles. The average Bonchev–Trinajstić information content (AvgIpc) is 3.19. The first-order valence-electron chi connectivity index (χ1n) is 15.4. The van der Waals surface area contributed by atoms with E-state index in [9.17, 15) is 18.4 Å². The van der Waals surface area contributed by atoms with Gasteiger partial charge in [0.25, 0.3) is 0 Å². The number of cyclic esters (lactones) is 1. The molecular formula is C36H35Cl3F2N6O4. The number of benzene rings is 2. The molecule has 0 spiro atoms. The minimum atomic E-state index is -0.737. The van der Waals surface area contributed by atoms with Crippen molar-refractivity contribution in [3.63, 3.8) is 0 Å². The fourth-order valence-corrected chi connectivity index (χ4v) is 4.76. The van der Waals surface area contributed by atoms with E-state index in [1.807, 2.05) is 0 Å². The Morgan fingerprint density at radius 2 is 1.41 bits per heavy atom. The lowest BCUT2D eigenvalue weighted by Gasteiger charge is -2.21. The summed E-state index contributed by atoms with van der Waals surface area (Å²) in [4.78, 5) is 46.1. The third-order valence-corrected chi connectivity index (χ3v) is 7.29. The Hall–Kier alpha value is -4.57. The van der Waals surface area contributed by atoms with E-state index in [0.29, 0.717) is 41.9 Å². The Balaban J connectivity index is 0.000000231. The van der Waals surface area contributed by atoms with Crippen LogP contribution >= 0.6 is 34.8 Å². The van der Waals surface area contributed by atoms with Crippen LogP contribution in [0.4, 0.5) is 8.78 Å². The number of carbonyl (C=O) groups excluding carboxylic acids is 2. The Bertz CT molecular complexity index is 1880. The van der Waals surface area contributed by atoms with Crippen molar-refractivity contribution in [2.45, 2.75) is 64.6 Å². The highest BCUT2D eigenvalue weighted by molar-refractivity contribution is 6.31. The number of rotatable bonds is 6. The van der Waals surface area contributed by atoms with Crippen LogP contribution in [0, 0.1) is 18.2 Å². The average molecular weight is 760 g/mol. The third-order valence-electron chi connectivity index (χ3n) is 6.52. The zero-order chi connectivity index (χ0) is 37.8. The minimum Gasteiger partial charge on any atom is -0.457 e. The summed E-state index contributed by atoms with van der Waals surface area (Å²) in [5.74, 6) is -2.17. The van der Waals surface area contributed by atoms with Gasteiger partial charge >= 0.3 is 18.5 Å². The van der Waals surface area contributed by atoms with Gasteiger partial charge in [0.2, 0.25) is 5.28 Å². The lowest BCUT2D eigenvalue weighted by molar-refractivity contribution is -0.155. The molecular weight excluding hydrogens is 725 g/mol. The van der Waals surface area contributed by atoms with Crippen molar-refractivity contribution in [3.8, 4) is 0 Å². The predicted octanol–water partition coefficient (Wildman–Crippen LogP) is 8.11. The molecule has 5 rings (SSSR count). The number of esters is 2. The van der Waals surface area contributed by atoms with E-state index in [1.165, 1.54) is 18.3 Å². The van der Waals surface area contributed by atoms with Crippen molar-refractivity contribution >= 4 is 53.0 Å². The fourth-order valence-electron chi connectivity index (χ4n) is 4.27. The smallest absolute Gasteiger partial charge is 0.387 e. The van der Waals surface area contributed by atoms with Gasteiger partial charge in [0.15, 0.2) is 5.92 Å². The van der Waals surface area contributed by atoms with Gasteiger partial charge in [-0.25, -0.2) is 40.1 Å². The normalized spacial score (nSPS) is 14.8. The molecule has 2 aromatic carbocycles. The Kier molecular flexibility index (Phi) is 14.9. The van der Waals surface area contributed by atoms with Crippen LogP contribution in [0.1, 0.15) is 68.6 Å². The topological polar surface area (TPSA) is 121 Å². The molecule has 1 aliphatic rings. The Morgan fingerprint density at radius 3 is 1.88 bits per heavy atom. The summed E-state index contributed by atoms with van der Waals surface area (Å²) in [6, 6.07) is 9.74. The van der Waals surface area contributed by atoms with Gasteiger partial charge < -0.3 is 14.3 Å². The maximum atomic E-state index is 14.0. The molecule has 3 heterocycles. The van der Waals surface area contributed by atoms with Crippen LogP contribution in [0.3, 0.4) is 0 Å². The van der Waals surface area contributed by atoms with Crippen LogP contribution in [0.5, 0.6) is 0 Å². The minimum absolute atomic E-state index is 0.0788. The van der Waals surface area contributed by atoms with Crippen LogP contribution in [0.25, 0.3) is 4.85 Å². The van der Waals surface area contributed by atoms with Crippen LogP contribution in [0.2, 0.25) is 15.3 Å². The van der Waals surface area contributed by atoms with Gasteiger partial charge in [0, 0.05) is 43.8 Å². The number of ether oxygens (including phenoxy) is 2. The summed E-state index contributed by atoms with van der Waals surface area (Å²) in [6.45, 7) is 15.5. The number of aromatic nitrogens is 4.